The average Bonchev–Trinajstić information content (AvgIpc) is 3.40. The molecule has 4 rings (SSSR count). The van der Waals surface area contributed by atoms with Crippen LogP contribution in [0.1, 0.15) is 39.4 Å². The zero-order valence-electron chi connectivity index (χ0n) is 15.9. The number of alkyl halides is 3. The van der Waals surface area contributed by atoms with Crippen molar-refractivity contribution in [3.05, 3.63) is 64.0 Å². The summed E-state index contributed by atoms with van der Waals surface area (Å²) in [7, 11) is 1.52. The van der Waals surface area contributed by atoms with E-state index in [4.69, 9.17) is 4.74 Å². The molecule has 1 amide bonds. The van der Waals surface area contributed by atoms with Crippen molar-refractivity contribution in [3.63, 3.8) is 0 Å². The summed E-state index contributed by atoms with van der Waals surface area (Å²) in [5, 5.41) is 11.6. The molecule has 1 aromatic carbocycles. The molecule has 0 unspecified atom stereocenters. The molecule has 2 atom stereocenters. The summed E-state index contributed by atoms with van der Waals surface area (Å²) in [4.78, 5) is 13.4. The summed E-state index contributed by atoms with van der Waals surface area (Å²) in [6.45, 7) is 0.295. The van der Waals surface area contributed by atoms with Crippen LogP contribution in [0.25, 0.3) is 0 Å². The molecular formula is C20H19F3N4O2S. The van der Waals surface area contributed by atoms with E-state index in [1.165, 1.54) is 24.5 Å². The molecule has 6 nitrogen and oxygen atoms in total. The molecule has 0 radical (unpaired) electrons. The van der Waals surface area contributed by atoms with E-state index in [-0.39, 0.29) is 17.9 Å². The molecule has 0 saturated heterocycles. The summed E-state index contributed by atoms with van der Waals surface area (Å²) in [5.74, 6) is 0.261. The highest BCUT2D eigenvalue weighted by atomic mass is 32.1. The Bertz CT molecular complexity index is 1020. The SMILES string of the molecule is COc1ccc([C@@H]2C[C@@H](C(F)(F)F)n3nc(C(=O)NCc4cccs4)cc3N2)cc1. The van der Waals surface area contributed by atoms with Gasteiger partial charge in [0.25, 0.3) is 5.91 Å². The van der Waals surface area contributed by atoms with Crippen LogP contribution in [0.2, 0.25) is 0 Å². The second kappa shape index (κ2) is 8.02. The number of hydrogen-bond acceptors (Lipinski definition) is 5. The maximum atomic E-state index is 13.8. The molecule has 10 heteroatoms. The number of carbonyl (C=O) groups excluding carboxylic acids is 1. The highest BCUT2D eigenvalue weighted by Crippen LogP contribution is 2.43. The molecule has 158 valence electrons. The normalized spacial score (nSPS) is 18.4. The maximum absolute atomic E-state index is 13.8. The van der Waals surface area contributed by atoms with Crippen molar-refractivity contribution in [2.45, 2.75) is 31.2 Å². The number of halogens is 3. The van der Waals surface area contributed by atoms with Gasteiger partial charge in [0.15, 0.2) is 11.7 Å². The van der Waals surface area contributed by atoms with Crippen LogP contribution in [-0.2, 0) is 6.54 Å². The zero-order valence-corrected chi connectivity index (χ0v) is 16.8. The molecular weight excluding hydrogens is 417 g/mol. The smallest absolute Gasteiger partial charge is 0.410 e. The van der Waals surface area contributed by atoms with Gasteiger partial charge >= 0.3 is 6.18 Å². The van der Waals surface area contributed by atoms with Crippen molar-refractivity contribution < 1.29 is 22.7 Å². The van der Waals surface area contributed by atoms with Gasteiger partial charge in [0.05, 0.1) is 19.7 Å². The Hall–Kier alpha value is -3.01. The summed E-state index contributed by atoms with van der Waals surface area (Å²) in [6, 6.07) is 9.54. The van der Waals surface area contributed by atoms with Gasteiger partial charge in [-0.25, -0.2) is 4.68 Å². The number of amides is 1. The van der Waals surface area contributed by atoms with Crippen LogP contribution >= 0.6 is 11.3 Å². The quantitative estimate of drug-likeness (QED) is 0.616. The minimum Gasteiger partial charge on any atom is -0.497 e. The largest absolute Gasteiger partial charge is 0.497 e. The van der Waals surface area contributed by atoms with E-state index in [0.717, 1.165) is 9.56 Å². The molecule has 3 aromatic rings. The van der Waals surface area contributed by atoms with Crippen LogP contribution in [0.15, 0.2) is 47.8 Å². The number of methoxy groups -OCH3 is 1. The van der Waals surface area contributed by atoms with Crippen molar-refractivity contribution in [2.24, 2.45) is 0 Å². The second-order valence-electron chi connectivity index (χ2n) is 6.88. The molecule has 3 heterocycles. The lowest BCUT2D eigenvalue weighted by molar-refractivity contribution is -0.173. The highest BCUT2D eigenvalue weighted by molar-refractivity contribution is 7.09. The van der Waals surface area contributed by atoms with E-state index in [9.17, 15) is 18.0 Å². The summed E-state index contributed by atoms with van der Waals surface area (Å²) < 4.78 is 47.3. The van der Waals surface area contributed by atoms with Gasteiger partial charge in [0, 0.05) is 17.4 Å². The van der Waals surface area contributed by atoms with Crippen LogP contribution in [-0.4, -0.2) is 29.0 Å². The summed E-state index contributed by atoms with van der Waals surface area (Å²) in [6.07, 6.45) is -4.74. The molecule has 1 aliphatic heterocycles. The molecule has 0 bridgehead atoms. The van der Waals surface area contributed by atoms with Crippen molar-refractivity contribution in [2.75, 3.05) is 12.4 Å². The molecule has 30 heavy (non-hydrogen) atoms. The number of rotatable bonds is 5. The maximum Gasteiger partial charge on any atom is 0.410 e. The van der Waals surface area contributed by atoms with Gasteiger partial charge in [-0.15, -0.1) is 11.3 Å². The third-order valence-corrected chi connectivity index (χ3v) is 5.82. The molecule has 0 saturated carbocycles. The van der Waals surface area contributed by atoms with E-state index in [2.05, 4.69) is 15.7 Å². The molecule has 2 N–H and O–H groups in total. The number of fused-ring (bicyclic) bond motifs is 1. The minimum atomic E-state index is -4.50. The van der Waals surface area contributed by atoms with Gasteiger partial charge in [-0.3, -0.25) is 4.79 Å². The Morgan fingerprint density at radius 3 is 2.73 bits per heavy atom. The van der Waals surface area contributed by atoms with Crippen LogP contribution in [0.3, 0.4) is 0 Å². The third kappa shape index (κ3) is 4.13. The van der Waals surface area contributed by atoms with Gasteiger partial charge in [-0.1, -0.05) is 18.2 Å². The first kappa shape index (κ1) is 20.3. The van der Waals surface area contributed by atoms with Crippen molar-refractivity contribution >= 4 is 23.1 Å². The fourth-order valence-corrected chi connectivity index (χ4v) is 4.05. The lowest BCUT2D eigenvalue weighted by atomic mass is 9.97. The van der Waals surface area contributed by atoms with Crippen LogP contribution in [0.4, 0.5) is 19.0 Å². The van der Waals surface area contributed by atoms with Crippen LogP contribution in [0.5, 0.6) is 5.75 Å². The van der Waals surface area contributed by atoms with E-state index in [1.54, 1.807) is 24.3 Å². The number of anilines is 1. The van der Waals surface area contributed by atoms with Gasteiger partial charge in [-0.05, 0) is 29.1 Å². The summed E-state index contributed by atoms with van der Waals surface area (Å²) >= 11 is 1.48. The standard InChI is InChI=1S/C20H19F3N4O2S/c1-29-13-6-4-12(5-7-13)15-9-17(20(21,22)23)27-18(25-15)10-16(26-27)19(28)24-11-14-3-2-8-30-14/h2-8,10,15,17,25H,9,11H2,1H3,(H,24,28)/t15-,17-/m0/s1. The topological polar surface area (TPSA) is 68.2 Å². The summed E-state index contributed by atoms with van der Waals surface area (Å²) in [5.41, 5.74) is 0.639. The number of ether oxygens (including phenoxy) is 1. The number of benzene rings is 1. The molecule has 0 fully saturated rings. The average molecular weight is 436 g/mol. The number of nitrogens with zero attached hydrogens (tertiary/aromatic N) is 2. The van der Waals surface area contributed by atoms with Gasteiger partial charge < -0.3 is 15.4 Å². The Kier molecular flexibility index (Phi) is 5.42. The fraction of sp³-hybridized carbons (Fsp3) is 0.300. The van der Waals surface area contributed by atoms with E-state index in [1.807, 2.05) is 17.5 Å². The number of nitrogens with one attached hydrogen (secondary N) is 2. The predicted molar refractivity (Wildman–Crippen MR) is 107 cm³/mol. The minimum absolute atomic E-state index is 0.0568. The fourth-order valence-electron chi connectivity index (χ4n) is 3.41. The van der Waals surface area contributed by atoms with Gasteiger partial charge in [0.2, 0.25) is 0 Å². The first-order valence-electron chi connectivity index (χ1n) is 9.22. The lowest BCUT2D eigenvalue weighted by Crippen LogP contribution is -2.35. The highest BCUT2D eigenvalue weighted by Gasteiger charge is 2.46. The van der Waals surface area contributed by atoms with E-state index in [0.29, 0.717) is 17.9 Å². The van der Waals surface area contributed by atoms with Crippen molar-refractivity contribution in [1.29, 1.82) is 0 Å². The number of aromatic nitrogens is 2. The van der Waals surface area contributed by atoms with Gasteiger partial charge in [0.1, 0.15) is 11.6 Å². The van der Waals surface area contributed by atoms with Crippen molar-refractivity contribution in [1.82, 2.24) is 15.1 Å². The Morgan fingerprint density at radius 2 is 2.10 bits per heavy atom. The number of carbonyl (C=O) groups is 1. The molecule has 0 spiro atoms. The van der Waals surface area contributed by atoms with Crippen LogP contribution in [0, 0.1) is 0 Å². The molecule has 1 aliphatic rings. The predicted octanol–water partition coefficient (Wildman–Crippen LogP) is 4.54. The second-order valence-corrected chi connectivity index (χ2v) is 7.92. The molecule has 2 aromatic heterocycles. The third-order valence-electron chi connectivity index (χ3n) is 4.94. The monoisotopic (exact) mass is 436 g/mol. The first-order valence-corrected chi connectivity index (χ1v) is 10.1. The lowest BCUT2D eigenvalue weighted by Gasteiger charge is -2.33. The number of hydrogen-bond donors (Lipinski definition) is 2. The first-order chi connectivity index (χ1) is 14.3. The Morgan fingerprint density at radius 1 is 1.33 bits per heavy atom. The van der Waals surface area contributed by atoms with E-state index < -0.39 is 24.2 Å². The van der Waals surface area contributed by atoms with Crippen LogP contribution < -0.4 is 15.4 Å². The Balaban J connectivity index is 1.58. The zero-order chi connectivity index (χ0) is 21.3. The molecule has 0 aliphatic carbocycles. The van der Waals surface area contributed by atoms with Gasteiger partial charge in [-0.2, -0.15) is 18.3 Å². The van der Waals surface area contributed by atoms with Crippen molar-refractivity contribution in [3.8, 4) is 5.75 Å². The van der Waals surface area contributed by atoms with E-state index >= 15 is 0 Å². The number of thiophene rings is 1. The Labute approximate surface area is 174 Å².